The fourth-order valence-electron chi connectivity index (χ4n) is 1.58. The van der Waals surface area contributed by atoms with Gasteiger partial charge in [0.15, 0.2) is 11.1 Å². The van der Waals surface area contributed by atoms with E-state index in [-0.39, 0.29) is 23.3 Å². The van der Waals surface area contributed by atoms with Gasteiger partial charge in [0.1, 0.15) is 0 Å². The number of benzene rings is 1. The number of hydrogen-bond donors (Lipinski definition) is 1. The van der Waals surface area contributed by atoms with Gasteiger partial charge in [-0.05, 0) is 13.0 Å². The lowest BCUT2D eigenvalue weighted by Crippen LogP contribution is -2.14. The highest BCUT2D eigenvalue weighted by atomic mass is 16.6. The summed E-state index contributed by atoms with van der Waals surface area (Å²) >= 11 is 0. The van der Waals surface area contributed by atoms with Gasteiger partial charge in [-0.1, -0.05) is 6.07 Å². The molecule has 0 aliphatic heterocycles. The van der Waals surface area contributed by atoms with E-state index in [0.29, 0.717) is 12.0 Å². The fourth-order valence-corrected chi connectivity index (χ4v) is 1.58. The number of para-hydroxylation sites is 1. The molecule has 0 radical (unpaired) electrons. The molecule has 18 heavy (non-hydrogen) atoms. The summed E-state index contributed by atoms with van der Waals surface area (Å²) in [6, 6.07) is 4.80. The minimum Gasteiger partial charge on any atom is -0.423 e. The lowest BCUT2D eigenvalue weighted by molar-refractivity contribution is -0.383. The summed E-state index contributed by atoms with van der Waals surface area (Å²) in [7, 11) is 0. The van der Waals surface area contributed by atoms with Gasteiger partial charge in [0.25, 0.3) is 11.7 Å². The predicted octanol–water partition coefficient (Wildman–Crippen LogP) is 2.56. The van der Waals surface area contributed by atoms with Crippen LogP contribution in [0.2, 0.25) is 0 Å². The molecule has 0 aliphatic carbocycles. The Morgan fingerprint density at radius 2 is 2.44 bits per heavy atom. The van der Waals surface area contributed by atoms with Crippen molar-refractivity contribution in [1.82, 2.24) is 4.98 Å². The summed E-state index contributed by atoms with van der Waals surface area (Å²) in [6.07, 6.45) is 5.71. The van der Waals surface area contributed by atoms with Crippen LogP contribution >= 0.6 is 0 Å². The maximum Gasteiger partial charge on any atom is 0.298 e. The van der Waals surface area contributed by atoms with Gasteiger partial charge in [-0.25, -0.2) is 0 Å². The van der Waals surface area contributed by atoms with E-state index in [4.69, 9.17) is 10.8 Å². The van der Waals surface area contributed by atoms with Gasteiger partial charge in [-0.15, -0.1) is 12.3 Å². The van der Waals surface area contributed by atoms with Crippen molar-refractivity contribution in [2.75, 3.05) is 5.32 Å². The zero-order chi connectivity index (χ0) is 13.1. The number of nitrogens with zero attached hydrogens (tertiary/aromatic N) is 2. The largest absolute Gasteiger partial charge is 0.423 e. The van der Waals surface area contributed by atoms with Crippen LogP contribution in [0.3, 0.4) is 0 Å². The molecule has 0 aliphatic rings. The van der Waals surface area contributed by atoms with Gasteiger partial charge >= 0.3 is 0 Å². The maximum atomic E-state index is 10.8. The molecule has 1 unspecified atom stereocenters. The van der Waals surface area contributed by atoms with E-state index in [2.05, 4.69) is 16.2 Å². The van der Waals surface area contributed by atoms with Crippen LogP contribution < -0.4 is 5.32 Å². The van der Waals surface area contributed by atoms with Crippen molar-refractivity contribution in [3.8, 4) is 12.3 Å². The normalized spacial score (nSPS) is 12.0. The monoisotopic (exact) mass is 245 g/mol. The number of aromatic nitrogens is 1. The van der Waals surface area contributed by atoms with Crippen LogP contribution in [-0.2, 0) is 0 Å². The molecule has 0 spiro atoms. The first-order valence-electron chi connectivity index (χ1n) is 5.35. The molecule has 0 fully saturated rings. The number of nitrogens with one attached hydrogen (secondary N) is 1. The fraction of sp³-hybridized carbons (Fsp3) is 0.250. The highest BCUT2D eigenvalue weighted by Gasteiger charge is 2.17. The average molecular weight is 245 g/mol. The Labute approximate surface area is 103 Å². The number of terminal acetylenes is 1. The second-order valence-electron chi connectivity index (χ2n) is 3.85. The molecule has 6 heteroatoms. The Kier molecular flexibility index (Phi) is 3.15. The number of nitro benzene ring substituents is 1. The van der Waals surface area contributed by atoms with Gasteiger partial charge in [-0.2, -0.15) is 4.98 Å². The van der Waals surface area contributed by atoms with Crippen molar-refractivity contribution in [1.29, 1.82) is 0 Å². The molecule has 0 amide bonds. The second-order valence-corrected chi connectivity index (χ2v) is 3.85. The van der Waals surface area contributed by atoms with Crippen molar-refractivity contribution in [3.63, 3.8) is 0 Å². The smallest absolute Gasteiger partial charge is 0.298 e. The summed E-state index contributed by atoms with van der Waals surface area (Å²) in [4.78, 5) is 14.4. The van der Waals surface area contributed by atoms with Crippen LogP contribution in [0.5, 0.6) is 0 Å². The summed E-state index contributed by atoms with van der Waals surface area (Å²) in [5.74, 6) is 2.51. The van der Waals surface area contributed by atoms with E-state index in [0.717, 1.165) is 0 Å². The van der Waals surface area contributed by atoms with E-state index in [1.165, 1.54) is 6.07 Å². The van der Waals surface area contributed by atoms with E-state index in [1.54, 1.807) is 12.1 Å². The minimum atomic E-state index is -0.487. The molecule has 0 saturated carbocycles. The number of nitro groups is 1. The quantitative estimate of drug-likeness (QED) is 0.508. The third-order valence-corrected chi connectivity index (χ3v) is 2.39. The summed E-state index contributed by atoms with van der Waals surface area (Å²) in [6.45, 7) is 1.88. The van der Waals surface area contributed by atoms with Crippen molar-refractivity contribution in [2.24, 2.45) is 0 Å². The number of rotatable bonds is 4. The Morgan fingerprint density at radius 1 is 1.67 bits per heavy atom. The minimum absolute atomic E-state index is 0.0119. The first kappa shape index (κ1) is 11.9. The van der Waals surface area contributed by atoms with E-state index < -0.39 is 4.92 Å². The second kappa shape index (κ2) is 4.75. The van der Waals surface area contributed by atoms with E-state index in [1.807, 2.05) is 6.92 Å². The predicted molar refractivity (Wildman–Crippen MR) is 67.2 cm³/mol. The average Bonchev–Trinajstić information content (AvgIpc) is 2.70. The van der Waals surface area contributed by atoms with Gasteiger partial charge in [-0.3, -0.25) is 10.1 Å². The molecule has 1 heterocycles. The first-order chi connectivity index (χ1) is 8.61. The number of non-ortho nitro benzene ring substituents is 1. The Bertz CT molecular complexity index is 627. The molecule has 1 aromatic heterocycles. The summed E-state index contributed by atoms with van der Waals surface area (Å²) in [5.41, 5.74) is 0.534. The molecule has 1 aromatic carbocycles. The van der Waals surface area contributed by atoms with Crippen molar-refractivity contribution >= 4 is 22.8 Å². The Morgan fingerprint density at radius 3 is 3.11 bits per heavy atom. The topological polar surface area (TPSA) is 81.2 Å². The molecule has 1 atom stereocenters. The first-order valence-corrected chi connectivity index (χ1v) is 5.35. The van der Waals surface area contributed by atoms with Gasteiger partial charge in [0, 0.05) is 18.5 Å². The number of hydrogen-bond acceptors (Lipinski definition) is 5. The van der Waals surface area contributed by atoms with Crippen LogP contribution in [0.1, 0.15) is 13.3 Å². The van der Waals surface area contributed by atoms with E-state index >= 15 is 0 Å². The van der Waals surface area contributed by atoms with Crippen LogP contribution in [-0.4, -0.2) is 15.9 Å². The molecular formula is C12H11N3O3. The summed E-state index contributed by atoms with van der Waals surface area (Å²) in [5, 5.41) is 13.8. The Balaban J connectivity index is 2.36. The van der Waals surface area contributed by atoms with Crippen LogP contribution in [0, 0.1) is 22.5 Å². The van der Waals surface area contributed by atoms with Crippen molar-refractivity contribution in [2.45, 2.75) is 19.4 Å². The molecule has 6 nitrogen and oxygen atoms in total. The lowest BCUT2D eigenvalue weighted by atomic mass is 10.2. The molecular weight excluding hydrogens is 234 g/mol. The van der Waals surface area contributed by atoms with Crippen LogP contribution in [0.25, 0.3) is 11.1 Å². The molecule has 2 rings (SSSR count). The van der Waals surface area contributed by atoms with Gasteiger partial charge < -0.3 is 9.73 Å². The zero-order valence-electron chi connectivity index (χ0n) is 9.71. The molecule has 92 valence electrons. The highest BCUT2D eigenvalue weighted by Crippen LogP contribution is 2.27. The lowest BCUT2D eigenvalue weighted by Gasteiger charge is -2.06. The van der Waals surface area contributed by atoms with Gasteiger partial charge in [0.05, 0.1) is 4.92 Å². The highest BCUT2D eigenvalue weighted by molar-refractivity contribution is 5.84. The van der Waals surface area contributed by atoms with Crippen molar-refractivity contribution < 1.29 is 9.34 Å². The molecule has 0 saturated heterocycles. The maximum absolute atomic E-state index is 10.8. The van der Waals surface area contributed by atoms with E-state index in [9.17, 15) is 10.1 Å². The number of oxazole rings is 1. The third kappa shape index (κ3) is 2.25. The Hall–Kier alpha value is -2.55. The molecule has 2 aromatic rings. The molecule has 0 bridgehead atoms. The number of anilines is 1. The van der Waals surface area contributed by atoms with Crippen molar-refractivity contribution in [3.05, 3.63) is 28.3 Å². The van der Waals surface area contributed by atoms with Gasteiger partial charge in [0.2, 0.25) is 0 Å². The zero-order valence-corrected chi connectivity index (χ0v) is 9.71. The number of fused-ring (bicyclic) bond motifs is 1. The van der Waals surface area contributed by atoms with Crippen LogP contribution in [0.4, 0.5) is 11.7 Å². The molecule has 1 N–H and O–H groups in total. The van der Waals surface area contributed by atoms with Crippen LogP contribution in [0.15, 0.2) is 22.6 Å². The SMILES string of the molecule is C#CCC(C)Nc1nc2c([N+](=O)[O-])cccc2o1. The summed E-state index contributed by atoms with van der Waals surface area (Å²) < 4.78 is 5.38. The standard InChI is InChI=1S/C12H11N3O3/c1-3-5-8(2)13-12-14-11-9(15(16)17)6-4-7-10(11)18-12/h1,4,6-8H,5H2,2H3,(H,13,14). The third-order valence-electron chi connectivity index (χ3n) is 2.39.